The van der Waals surface area contributed by atoms with Crippen molar-refractivity contribution in [2.75, 3.05) is 7.11 Å². The Labute approximate surface area is 138 Å². The van der Waals surface area contributed by atoms with Crippen molar-refractivity contribution in [3.8, 4) is 0 Å². The van der Waals surface area contributed by atoms with E-state index in [0.717, 1.165) is 19.3 Å². The van der Waals surface area contributed by atoms with Crippen LogP contribution in [0.25, 0.3) is 0 Å². The van der Waals surface area contributed by atoms with Crippen molar-refractivity contribution in [3.63, 3.8) is 0 Å². The fraction of sp³-hybridized carbons (Fsp3) is 0.533. The van der Waals surface area contributed by atoms with Gasteiger partial charge in [-0.05, 0) is 43.2 Å². The molecule has 0 aromatic carbocycles. The van der Waals surface area contributed by atoms with E-state index >= 15 is 0 Å². The largest absolute Gasteiger partial charge is 0.469 e. The SMILES string of the molecule is COC(=O)[C@H]1[C@H]2CC[C@@H](C2)[C@@H]1NC(=O)c1ccc(Cl)nc1Cl. The number of fused-ring (bicyclic) bond motifs is 2. The number of amides is 1. The topological polar surface area (TPSA) is 68.3 Å². The van der Waals surface area contributed by atoms with Gasteiger partial charge in [-0.15, -0.1) is 0 Å². The zero-order valence-electron chi connectivity index (χ0n) is 12.0. The molecule has 2 aliphatic carbocycles. The third kappa shape index (κ3) is 2.68. The second-order valence-corrected chi connectivity index (χ2v) is 6.60. The highest BCUT2D eigenvalue weighted by Gasteiger charge is 2.52. The number of rotatable bonds is 3. The number of ether oxygens (including phenoxy) is 1. The normalized spacial score (nSPS) is 29.4. The van der Waals surface area contributed by atoms with Crippen LogP contribution in [0.5, 0.6) is 0 Å². The van der Waals surface area contributed by atoms with Crippen molar-refractivity contribution in [1.82, 2.24) is 10.3 Å². The first-order valence-electron chi connectivity index (χ1n) is 7.22. The second-order valence-electron chi connectivity index (χ2n) is 5.85. The second kappa shape index (κ2) is 6.05. The van der Waals surface area contributed by atoms with Gasteiger partial charge in [0.05, 0.1) is 18.6 Å². The third-order valence-corrected chi connectivity index (χ3v) is 5.25. The predicted molar refractivity (Wildman–Crippen MR) is 81.8 cm³/mol. The number of hydrogen-bond acceptors (Lipinski definition) is 4. The molecule has 0 aliphatic heterocycles. The molecule has 7 heteroatoms. The molecule has 2 saturated carbocycles. The molecule has 3 rings (SSSR count). The number of methoxy groups -OCH3 is 1. The molecule has 2 fully saturated rings. The molecule has 1 N–H and O–H groups in total. The van der Waals surface area contributed by atoms with Crippen molar-refractivity contribution in [2.24, 2.45) is 17.8 Å². The summed E-state index contributed by atoms with van der Waals surface area (Å²) in [6.45, 7) is 0. The molecular formula is C15H16Cl2N2O3. The van der Waals surface area contributed by atoms with Crippen LogP contribution in [0.15, 0.2) is 12.1 Å². The van der Waals surface area contributed by atoms with Gasteiger partial charge in [0, 0.05) is 6.04 Å². The summed E-state index contributed by atoms with van der Waals surface area (Å²) in [5.74, 6) is -0.246. The third-order valence-electron chi connectivity index (χ3n) is 4.75. The van der Waals surface area contributed by atoms with E-state index in [1.165, 1.54) is 19.2 Å². The minimum absolute atomic E-state index is 0.0581. The van der Waals surface area contributed by atoms with Crippen molar-refractivity contribution in [2.45, 2.75) is 25.3 Å². The lowest BCUT2D eigenvalue weighted by atomic mass is 9.84. The molecule has 4 atom stereocenters. The molecule has 1 amide bonds. The highest BCUT2D eigenvalue weighted by Crippen LogP contribution is 2.49. The molecule has 2 aliphatic rings. The van der Waals surface area contributed by atoms with E-state index in [0.29, 0.717) is 11.8 Å². The lowest BCUT2D eigenvalue weighted by Gasteiger charge is -2.29. The fourth-order valence-electron chi connectivity index (χ4n) is 3.78. The van der Waals surface area contributed by atoms with Crippen molar-refractivity contribution < 1.29 is 14.3 Å². The van der Waals surface area contributed by atoms with E-state index < -0.39 is 0 Å². The van der Waals surface area contributed by atoms with Crippen LogP contribution in [-0.2, 0) is 9.53 Å². The fourth-order valence-corrected chi connectivity index (χ4v) is 4.22. The number of nitrogens with one attached hydrogen (secondary N) is 1. The Morgan fingerprint density at radius 2 is 2.00 bits per heavy atom. The number of carbonyl (C=O) groups excluding carboxylic acids is 2. The minimum Gasteiger partial charge on any atom is -0.469 e. The van der Waals surface area contributed by atoms with Crippen molar-refractivity contribution >= 4 is 35.1 Å². The smallest absolute Gasteiger partial charge is 0.311 e. The van der Waals surface area contributed by atoms with Gasteiger partial charge in [0.1, 0.15) is 10.3 Å². The van der Waals surface area contributed by atoms with Crippen LogP contribution in [0.2, 0.25) is 10.3 Å². The van der Waals surface area contributed by atoms with E-state index in [-0.39, 0.29) is 39.7 Å². The summed E-state index contributed by atoms with van der Waals surface area (Å²) in [4.78, 5) is 28.3. The quantitative estimate of drug-likeness (QED) is 0.677. The number of carbonyl (C=O) groups is 2. The zero-order valence-corrected chi connectivity index (χ0v) is 13.5. The van der Waals surface area contributed by atoms with Crippen LogP contribution in [0.1, 0.15) is 29.6 Å². The first-order valence-corrected chi connectivity index (χ1v) is 7.97. The first kappa shape index (κ1) is 15.6. The first-order chi connectivity index (χ1) is 10.5. The summed E-state index contributed by atoms with van der Waals surface area (Å²) in [7, 11) is 1.38. The van der Waals surface area contributed by atoms with E-state index in [9.17, 15) is 9.59 Å². The Kier molecular flexibility index (Phi) is 4.28. The molecule has 1 aromatic rings. The van der Waals surface area contributed by atoms with Gasteiger partial charge < -0.3 is 10.1 Å². The molecule has 0 saturated heterocycles. The summed E-state index contributed by atoms with van der Waals surface area (Å²) in [6, 6.07) is 2.85. The summed E-state index contributed by atoms with van der Waals surface area (Å²) >= 11 is 11.7. The Balaban J connectivity index is 1.79. The van der Waals surface area contributed by atoms with Crippen molar-refractivity contribution in [3.05, 3.63) is 28.0 Å². The minimum atomic E-state index is -0.333. The van der Waals surface area contributed by atoms with Gasteiger partial charge in [-0.25, -0.2) is 4.98 Å². The number of nitrogens with zero attached hydrogens (tertiary/aromatic N) is 1. The van der Waals surface area contributed by atoms with Crippen LogP contribution >= 0.6 is 23.2 Å². The Morgan fingerprint density at radius 1 is 1.27 bits per heavy atom. The highest BCUT2D eigenvalue weighted by molar-refractivity contribution is 6.34. The Bertz CT molecular complexity index is 623. The van der Waals surface area contributed by atoms with E-state index in [1.807, 2.05) is 0 Å². The predicted octanol–water partition coefficient (Wildman–Crippen LogP) is 2.71. The summed E-state index contributed by atoms with van der Waals surface area (Å²) in [5.41, 5.74) is 0.262. The standard InChI is InChI=1S/C15H16Cl2N2O3/c1-22-15(21)11-7-2-3-8(6-7)12(11)19-14(20)9-4-5-10(16)18-13(9)17/h4-5,7-8,11-12H,2-3,6H2,1H3,(H,19,20)/t7-,8-,11-,12-/m0/s1. The van der Waals surface area contributed by atoms with Crippen LogP contribution in [0, 0.1) is 17.8 Å². The lowest BCUT2D eigenvalue weighted by Crippen LogP contribution is -2.47. The van der Waals surface area contributed by atoms with Gasteiger partial charge in [0.15, 0.2) is 0 Å². The molecule has 5 nitrogen and oxygen atoms in total. The summed E-state index contributed by atoms with van der Waals surface area (Å²) in [6.07, 6.45) is 2.99. The lowest BCUT2D eigenvalue weighted by molar-refractivity contribution is -0.148. The molecule has 22 heavy (non-hydrogen) atoms. The van der Waals surface area contributed by atoms with E-state index in [1.54, 1.807) is 0 Å². The number of halogens is 2. The molecule has 1 aromatic heterocycles. The Morgan fingerprint density at radius 3 is 2.68 bits per heavy atom. The molecule has 0 radical (unpaired) electrons. The summed E-state index contributed by atoms with van der Waals surface area (Å²) in [5, 5.41) is 3.23. The molecule has 2 bridgehead atoms. The number of hydrogen-bond donors (Lipinski definition) is 1. The molecular weight excluding hydrogens is 327 g/mol. The summed E-state index contributed by atoms with van der Waals surface area (Å²) < 4.78 is 4.90. The van der Waals surface area contributed by atoms with E-state index in [2.05, 4.69) is 10.3 Å². The van der Waals surface area contributed by atoms with Crippen LogP contribution in [0.4, 0.5) is 0 Å². The number of esters is 1. The molecule has 118 valence electrons. The maximum absolute atomic E-state index is 12.4. The maximum Gasteiger partial charge on any atom is 0.311 e. The van der Waals surface area contributed by atoms with Gasteiger partial charge in [0.25, 0.3) is 5.91 Å². The zero-order chi connectivity index (χ0) is 15.9. The molecule has 0 spiro atoms. The molecule has 0 unspecified atom stereocenters. The maximum atomic E-state index is 12.4. The van der Waals surface area contributed by atoms with Crippen LogP contribution < -0.4 is 5.32 Å². The number of aromatic nitrogens is 1. The average molecular weight is 343 g/mol. The van der Waals surface area contributed by atoms with Gasteiger partial charge in [0.2, 0.25) is 0 Å². The van der Waals surface area contributed by atoms with Crippen LogP contribution in [0.3, 0.4) is 0 Å². The molecule has 1 heterocycles. The van der Waals surface area contributed by atoms with Gasteiger partial charge in [-0.2, -0.15) is 0 Å². The van der Waals surface area contributed by atoms with Gasteiger partial charge >= 0.3 is 5.97 Å². The van der Waals surface area contributed by atoms with E-state index in [4.69, 9.17) is 27.9 Å². The average Bonchev–Trinajstić information content (AvgIpc) is 3.07. The van der Waals surface area contributed by atoms with Gasteiger partial charge in [-0.1, -0.05) is 23.2 Å². The van der Waals surface area contributed by atoms with Crippen molar-refractivity contribution in [1.29, 1.82) is 0 Å². The van der Waals surface area contributed by atoms with Gasteiger partial charge in [-0.3, -0.25) is 9.59 Å². The van der Waals surface area contributed by atoms with Crippen LogP contribution in [-0.4, -0.2) is 30.0 Å². The Hall–Kier alpha value is -1.33. The monoisotopic (exact) mass is 342 g/mol. The highest BCUT2D eigenvalue weighted by atomic mass is 35.5. The number of pyridine rings is 1.